The molecule has 0 radical (unpaired) electrons. The van der Waals surface area contributed by atoms with Crippen LogP contribution < -0.4 is 10.6 Å². The molecule has 7 heteroatoms. The number of nitrogens with zero attached hydrogens (tertiary/aromatic N) is 5. The first-order valence-corrected chi connectivity index (χ1v) is 10.1. The number of imidazole rings is 1. The predicted octanol–water partition coefficient (Wildman–Crippen LogP) is 5.21. The summed E-state index contributed by atoms with van der Waals surface area (Å²) in [4.78, 5) is 18.5. The van der Waals surface area contributed by atoms with E-state index in [0.29, 0.717) is 23.6 Å². The topological polar surface area (TPSA) is 80.6 Å². The second kappa shape index (κ2) is 7.87. The van der Waals surface area contributed by atoms with E-state index in [1.807, 2.05) is 54.9 Å². The Hall–Kier alpha value is -3.48. The molecule has 0 unspecified atom stereocenters. The van der Waals surface area contributed by atoms with Crippen molar-refractivity contribution in [2.24, 2.45) is 0 Å². The van der Waals surface area contributed by atoms with Gasteiger partial charge in [-0.1, -0.05) is 43.5 Å². The van der Waals surface area contributed by atoms with E-state index in [-0.39, 0.29) is 0 Å². The normalized spacial score (nSPS) is 14.8. The molecule has 29 heavy (non-hydrogen) atoms. The summed E-state index contributed by atoms with van der Waals surface area (Å²) in [5.41, 5.74) is 2.60. The average molecular weight is 385 g/mol. The minimum Gasteiger partial charge on any atom is -0.338 e. The smallest absolute Gasteiger partial charge is 0.232 e. The van der Waals surface area contributed by atoms with Crippen molar-refractivity contribution < 1.29 is 0 Å². The second-order valence-electron chi connectivity index (χ2n) is 7.34. The van der Waals surface area contributed by atoms with E-state index in [4.69, 9.17) is 9.97 Å². The highest BCUT2D eigenvalue weighted by Gasteiger charge is 2.21. The summed E-state index contributed by atoms with van der Waals surface area (Å²) in [5, 5.41) is 6.63. The number of aromatic nitrogens is 5. The summed E-state index contributed by atoms with van der Waals surface area (Å²) in [5.74, 6) is 1.91. The van der Waals surface area contributed by atoms with Crippen LogP contribution in [-0.4, -0.2) is 24.5 Å². The van der Waals surface area contributed by atoms with E-state index in [9.17, 15) is 0 Å². The number of rotatable bonds is 5. The van der Waals surface area contributed by atoms with Crippen LogP contribution in [0.25, 0.3) is 11.2 Å². The van der Waals surface area contributed by atoms with Gasteiger partial charge in [-0.2, -0.15) is 9.97 Å². The Balaban J connectivity index is 1.58. The molecular weight excluding hydrogens is 362 g/mol. The molecule has 146 valence electrons. The fourth-order valence-corrected chi connectivity index (χ4v) is 3.90. The van der Waals surface area contributed by atoms with Gasteiger partial charge in [0.1, 0.15) is 5.82 Å². The zero-order valence-corrected chi connectivity index (χ0v) is 16.1. The van der Waals surface area contributed by atoms with Gasteiger partial charge in [0, 0.05) is 17.9 Å². The van der Waals surface area contributed by atoms with Gasteiger partial charge in [0.2, 0.25) is 5.95 Å². The zero-order valence-electron chi connectivity index (χ0n) is 16.1. The number of para-hydroxylation sites is 1. The van der Waals surface area contributed by atoms with Gasteiger partial charge in [0.05, 0.1) is 6.33 Å². The third kappa shape index (κ3) is 3.76. The molecule has 0 spiro atoms. The number of hydrogen-bond donors (Lipinski definition) is 2. The van der Waals surface area contributed by atoms with Crippen molar-refractivity contribution in [1.82, 2.24) is 24.5 Å². The quantitative estimate of drug-likeness (QED) is 0.491. The number of fused-ring (bicyclic) bond motifs is 1. The number of nitrogens with one attached hydrogen (secondary N) is 2. The van der Waals surface area contributed by atoms with E-state index in [1.165, 1.54) is 32.1 Å². The van der Waals surface area contributed by atoms with Crippen LogP contribution in [0.3, 0.4) is 0 Å². The van der Waals surface area contributed by atoms with E-state index in [1.54, 1.807) is 6.20 Å². The number of pyridine rings is 1. The van der Waals surface area contributed by atoms with Gasteiger partial charge in [-0.05, 0) is 37.1 Å². The van der Waals surface area contributed by atoms with Crippen molar-refractivity contribution in [2.75, 3.05) is 10.6 Å². The number of anilines is 4. The molecule has 0 atom stereocenters. The van der Waals surface area contributed by atoms with Crippen molar-refractivity contribution in [3.05, 3.63) is 61.1 Å². The SMILES string of the molecule is c1ccc(Nc2nc(Nc3ccccn3)nc3c2ncn3C2CCCCC2)cc1. The van der Waals surface area contributed by atoms with Crippen molar-refractivity contribution in [1.29, 1.82) is 0 Å². The molecule has 4 aromatic rings. The predicted molar refractivity (Wildman–Crippen MR) is 115 cm³/mol. The Morgan fingerprint density at radius 3 is 2.45 bits per heavy atom. The molecule has 3 heterocycles. The van der Waals surface area contributed by atoms with Crippen LogP contribution >= 0.6 is 0 Å². The van der Waals surface area contributed by atoms with Gasteiger partial charge >= 0.3 is 0 Å². The highest BCUT2D eigenvalue weighted by molar-refractivity contribution is 5.87. The summed E-state index contributed by atoms with van der Waals surface area (Å²) in [6.07, 6.45) is 9.81. The molecule has 3 aromatic heterocycles. The maximum Gasteiger partial charge on any atom is 0.232 e. The molecule has 5 rings (SSSR count). The summed E-state index contributed by atoms with van der Waals surface area (Å²) in [7, 11) is 0. The first kappa shape index (κ1) is 17.6. The molecule has 0 amide bonds. The van der Waals surface area contributed by atoms with Crippen LogP contribution in [0, 0.1) is 0 Å². The van der Waals surface area contributed by atoms with Gasteiger partial charge in [-0.25, -0.2) is 9.97 Å². The van der Waals surface area contributed by atoms with Gasteiger partial charge in [-0.3, -0.25) is 0 Å². The molecule has 0 aliphatic heterocycles. The van der Waals surface area contributed by atoms with Gasteiger partial charge in [0.15, 0.2) is 17.0 Å². The van der Waals surface area contributed by atoms with Crippen molar-refractivity contribution in [2.45, 2.75) is 38.1 Å². The Bertz CT molecular complexity index is 1090. The van der Waals surface area contributed by atoms with Crippen LogP contribution in [0.5, 0.6) is 0 Å². The molecule has 0 saturated heterocycles. The molecule has 1 aliphatic carbocycles. The Labute approximate surface area is 169 Å². The molecule has 1 aliphatic rings. The summed E-state index contributed by atoms with van der Waals surface area (Å²) in [6, 6.07) is 16.2. The standard InChI is InChI=1S/C22H23N7/c1-3-9-16(10-4-1)25-20-19-21(29(15-24-19)17-11-5-2-6-12-17)28-22(27-20)26-18-13-7-8-14-23-18/h1,3-4,7-10,13-15,17H,2,5-6,11-12H2,(H2,23,25,26,27,28). The molecule has 1 saturated carbocycles. The lowest BCUT2D eigenvalue weighted by Crippen LogP contribution is -2.13. The Kier molecular flexibility index (Phi) is 4.78. The maximum absolute atomic E-state index is 4.81. The fraction of sp³-hybridized carbons (Fsp3) is 0.273. The minimum absolute atomic E-state index is 0.441. The summed E-state index contributed by atoms with van der Waals surface area (Å²) >= 11 is 0. The first-order chi connectivity index (χ1) is 14.4. The molecule has 2 N–H and O–H groups in total. The Morgan fingerprint density at radius 1 is 0.828 bits per heavy atom. The van der Waals surface area contributed by atoms with Crippen molar-refractivity contribution in [3.8, 4) is 0 Å². The molecular formula is C22H23N7. The lowest BCUT2D eigenvalue weighted by atomic mass is 9.95. The van der Waals surface area contributed by atoms with Crippen LogP contribution in [-0.2, 0) is 0 Å². The van der Waals surface area contributed by atoms with E-state index >= 15 is 0 Å². The van der Waals surface area contributed by atoms with Gasteiger partial charge in [0.25, 0.3) is 0 Å². The van der Waals surface area contributed by atoms with Crippen molar-refractivity contribution in [3.63, 3.8) is 0 Å². The van der Waals surface area contributed by atoms with Crippen molar-refractivity contribution >= 4 is 34.4 Å². The fourth-order valence-electron chi connectivity index (χ4n) is 3.90. The minimum atomic E-state index is 0.441. The largest absolute Gasteiger partial charge is 0.338 e. The van der Waals surface area contributed by atoms with E-state index < -0.39 is 0 Å². The number of benzene rings is 1. The summed E-state index contributed by atoms with van der Waals surface area (Å²) < 4.78 is 2.22. The summed E-state index contributed by atoms with van der Waals surface area (Å²) in [6.45, 7) is 0. The molecule has 0 bridgehead atoms. The molecule has 7 nitrogen and oxygen atoms in total. The van der Waals surface area contributed by atoms with E-state index in [2.05, 4.69) is 25.2 Å². The maximum atomic E-state index is 4.81. The first-order valence-electron chi connectivity index (χ1n) is 10.1. The van der Waals surface area contributed by atoms with Crippen LogP contribution in [0.4, 0.5) is 23.3 Å². The monoisotopic (exact) mass is 385 g/mol. The van der Waals surface area contributed by atoms with Crippen LogP contribution in [0.15, 0.2) is 61.1 Å². The third-order valence-corrected chi connectivity index (χ3v) is 5.33. The third-order valence-electron chi connectivity index (χ3n) is 5.33. The highest BCUT2D eigenvalue weighted by atomic mass is 15.2. The van der Waals surface area contributed by atoms with Gasteiger partial charge in [-0.15, -0.1) is 0 Å². The molecule has 1 aromatic carbocycles. The second-order valence-corrected chi connectivity index (χ2v) is 7.34. The Morgan fingerprint density at radius 2 is 1.66 bits per heavy atom. The van der Waals surface area contributed by atoms with Crippen LogP contribution in [0.2, 0.25) is 0 Å². The molecule has 1 fully saturated rings. The van der Waals surface area contributed by atoms with Gasteiger partial charge < -0.3 is 15.2 Å². The lowest BCUT2D eigenvalue weighted by Gasteiger charge is -2.23. The average Bonchev–Trinajstić information content (AvgIpc) is 3.20. The highest BCUT2D eigenvalue weighted by Crippen LogP contribution is 2.32. The van der Waals surface area contributed by atoms with Crippen LogP contribution in [0.1, 0.15) is 38.1 Å². The number of hydrogen-bond acceptors (Lipinski definition) is 6. The zero-order chi connectivity index (χ0) is 19.5. The lowest BCUT2D eigenvalue weighted by molar-refractivity contribution is 0.358. The van der Waals surface area contributed by atoms with E-state index in [0.717, 1.165) is 16.9 Å².